The third-order valence-electron chi connectivity index (χ3n) is 5.87. The molecule has 8 N–H and O–H groups in total. The Morgan fingerprint density at radius 1 is 0.675 bits per heavy atom. The Kier molecular flexibility index (Phi) is 11.3. The summed E-state index contributed by atoms with van der Waals surface area (Å²) in [6.07, 6.45) is -1.73. The second-order valence-corrected chi connectivity index (χ2v) is 11.1. The molecule has 2 heterocycles. The summed E-state index contributed by atoms with van der Waals surface area (Å²) >= 11 is 2.83. The lowest BCUT2D eigenvalue weighted by molar-refractivity contribution is 0.0536. The fraction of sp³-hybridized carbons (Fsp3) is 0.357. The molecule has 12 heteroatoms. The molecule has 0 aliphatic rings. The highest BCUT2D eigenvalue weighted by molar-refractivity contribution is 7.14. The molecule has 0 saturated heterocycles. The van der Waals surface area contributed by atoms with Crippen molar-refractivity contribution in [2.75, 3.05) is 37.9 Å². The predicted molar refractivity (Wildman–Crippen MR) is 160 cm³/mol. The van der Waals surface area contributed by atoms with E-state index in [2.05, 4.69) is 9.97 Å². The zero-order valence-electron chi connectivity index (χ0n) is 22.9. The van der Waals surface area contributed by atoms with Gasteiger partial charge in [0.2, 0.25) is 0 Å². The lowest BCUT2D eigenvalue weighted by Crippen LogP contribution is -2.21. The molecule has 0 fully saturated rings. The Balaban J connectivity index is 0.000000220. The van der Waals surface area contributed by atoms with Crippen molar-refractivity contribution in [1.29, 1.82) is 0 Å². The number of aromatic nitrogens is 2. The minimum atomic E-state index is -0.867. The third kappa shape index (κ3) is 8.37. The van der Waals surface area contributed by atoms with Crippen molar-refractivity contribution < 1.29 is 29.9 Å². The van der Waals surface area contributed by atoms with Crippen LogP contribution in [-0.4, -0.2) is 69.0 Å². The van der Waals surface area contributed by atoms with Crippen LogP contribution < -0.4 is 20.9 Å². The van der Waals surface area contributed by atoms with E-state index in [4.69, 9.17) is 31.2 Å². The number of aliphatic hydroxyl groups excluding tert-OH is 4. The molecule has 0 aliphatic carbocycles. The van der Waals surface area contributed by atoms with Gasteiger partial charge in [0.15, 0.2) is 10.3 Å². The third-order valence-corrected chi connectivity index (χ3v) is 7.22. The molecule has 2 atom stereocenters. The summed E-state index contributed by atoms with van der Waals surface area (Å²) in [5.41, 5.74) is 19.3. The average Bonchev–Trinajstić information content (AvgIpc) is 3.53. The molecule has 40 heavy (non-hydrogen) atoms. The fourth-order valence-corrected chi connectivity index (χ4v) is 5.23. The van der Waals surface area contributed by atoms with E-state index in [0.29, 0.717) is 21.8 Å². The van der Waals surface area contributed by atoms with Crippen LogP contribution in [0.4, 0.5) is 10.3 Å². The van der Waals surface area contributed by atoms with Crippen LogP contribution in [0.5, 0.6) is 11.5 Å². The summed E-state index contributed by atoms with van der Waals surface area (Å²) in [6.45, 7) is 7.43. The number of rotatable bonds is 10. The molecule has 0 saturated carbocycles. The highest BCUT2D eigenvalue weighted by Gasteiger charge is 2.13. The van der Waals surface area contributed by atoms with Crippen LogP contribution in [0.2, 0.25) is 0 Å². The van der Waals surface area contributed by atoms with E-state index in [1.54, 1.807) is 0 Å². The lowest BCUT2D eigenvalue weighted by Gasteiger charge is -2.14. The maximum atomic E-state index is 9.30. The van der Waals surface area contributed by atoms with Crippen molar-refractivity contribution in [3.05, 3.63) is 57.3 Å². The second-order valence-electron chi connectivity index (χ2n) is 9.30. The van der Waals surface area contributed by atoms with Crippen molar-refractivity contribution in [3.63, 3.8) is 0 Å². The van der Waals surface area contributed by atoms with E-state index in [1.165, 1.54) is 22.7 Å². The minimum absolute atomic E-state index is 0.0678. The van der Waals surface area contributed by atoms with E-state index >= 15 is 0 Å². The van der Waals surface area contributed by atoms with Gasteiger partial charge in [-0.1, -0.05) is 0 Å². The maximum absolute atomic E-state index is 9.30. The number of aliphatic hydroxyl groups is 4. The standard InChI is InChI=1S/2C14H18N2O3S/c2*1-8-3-11(19-6-10(18)5-17)4-9(2)13(8)12-7-20-14(15)16-12/h2*3-4,7,10,17-18H,5-6H2,1-2H3,(H2,15,16). The van der Waals surface area contributed by atoms with Crippen molar-refractivity contribution in [2.24, 2.45) is 0 Å². The molecular formula is C28H36N4O6S2. The van der Waals surface area contributed by atoms with Gasteiger partial charge in [-0.2, -0.15) is 0 Å². The van der Waals surface area contributed by atoms with Crippen molar-refractivity contribution >= 4 is 32.9 Å². The van der Waals surface area contributed by atoms with Crippen molar-refractivity contribution in [1.82, 2.24) is 9.97 Å². The zero-order chi connectivity index (χ0) is 29.4. The number of nitrogens with two attached hydrogens (primary N) is 2. The summed E-state index contributed by atoms with van der Waals surface area (Å²) in [7, 11) is 0. The van der Waals surface area contributed by atoms with Crippen LogP contribution in [0.1, 0.15) is 22.3 Å². The van der Waals surface area contributed by atoms with Crippen LogP contribution in [0.25, 0.3) is 22.5 Å². The predicted octanol–water partition coefficient (Wildman–Crippen LogP) is 3.48. The van der Waals surface area contributed by atoms with Crippen LogP contribution in [-0.2, 0) is 0 Å². The number of anilines is 2. The molecule has 0 aliphatic heterocycles. The maximum Gasteiger partial charge on any atom is 0.180 e. The van der Waals surface area contributed by atoms with Gasteiger partial charge >= 0.3 is 0 Å². The summed E-state index contributed by atoms with van der Waals surface area (Å²) in [4.78, 5) is 8.60. The number of thiazole rings is 2. The van der Waals surface area contributed by atoms with Crippen molar-refractivity contribution in [3.8, 4) is 34.0 Å². The molecule has 216 valence electrons. The van der Waals surface area contributed by atoms with Gasteiger partial charge in [-0.15, -0.1) is 22.7 Å². The molecule has 0 bridgehead atoms. The Hall–Kier alpha value is -3.26. The molecule has 10 nitrogen and oxygen atoms in total. The topological polar surface area (TPSA) is 177 Å². The quantitative estimate of drug-likeness (QED) is 0.161. The van der Waals surface area contributed by atoms with E-state index in [0.717, 1.165) is 44.8 Å². The lowest BCUT2D eigenvalue weighted by atomic mass is 10.0. The molecule has 0 spiro atoms. The summed E-state index contributed by atoms with van der Waals surface area (Å²) in [5, 5.41) is 41.1. The molecule has 2 unspecified atom stereocenters. The van der Waals surface area contributed by atoms with E-state index in [-0.39, 0.29) is 26.4 Å². The van der Waals surface area contributed by atoms with E-state index in [9.17, 15) is 10.2 Å². The highest BCUT2D eigenvalue weighted by atomic mass is 32.1. The molecule has 2 aromatic heterocycles. The Labute approximate surface area is 241 Å². The zero-order valence-corrected chi connectivity index (χ0v) is 24.6. The number of aryl methyl sites for hydroxylation is 4. The molecular weight excluding hydrogens is 552 g/mol. The number of hydrogen-bond donors (Lipinski definition) is 6. The molecule has 4 aromatic rings. The van der Waals surface area contributed by atoms with Gasteiger partial charge < -0.3 is 41.4 Å². The van der Waals surface area contributed by atoms with Gasteiger partial charge in [0.05, 0.1) is 24.6 Å². The van der Waals surface area contributed by atoms with Crippen LogP contribution in [0.15, 0.2) is 35.0 Å². The molecule has 0 radical (unpaired) electrons. The second kappa shape index (κ2) is 14.4. The normalized spacial score (nSPS) is 12.4. The smallest absolute Gasteiger partial charge is 0.180 e. The average molecular weight is 589 g/mol. The van der Waals surface area contributed by atoms with Gasteiger partial charge in [0, 0.05) is 21.9 Å². The van der Waals surface area contributed by atoms with Crippen LogP contribution >= 0.6 is 22.7 Å². The monoisotopic (exact) mass is 588 g/mol. The first-order valence-electron chi connectivity index (χ1n) is 12.5. The van der Waals surface area contributed by atoms with Crippen LogP contribution in [0, 0.1) is 27.7 Å². The van der Waals surface area contributed by atoms with E-state index < -0.39 is 12.2 Å². The summed E-state index contributed by atoms with van der Waals surface area (Å²) < 4.78 is 10.9. The van der Waals surface area contributed by atoms with Gasteiger partial charge in [-0.3, -0.25) is 0 Å². The van der Waals surface area contributed by atoms with Gasteiger partial charge in [0.25, 0.3) is 0 Å². The number of ether oxygens (including phenoxy) is 2. The number of benzene rings is 2. The Morgan fingerprint density at radius 3 is 1.25 bits per heavy atom. The first kappa shape index (κ1) is 31.3. The van der Waals surface area contributed by atoms with E-state index in [1.807, 2.05) is 62.7 Å². The van der Waals surface area contributed by atoms with Crippen molar-refractivity contribution in [2.45, 2.75) is 39.9 Å². The number of hydrogen-bond acceptors (Lipinski definition) is 12. The Morgan fingerprint density at radius 2 is 1.00 bits per heavy atom. The fourth-order valence-electron chi connectivity index (χ4n) is 4.12. The summed E-state index contributed by atoms with van der Waals surface area (Å²) in [5.74, 6) is 1.33. The van der Waals surface area contributed by atoms with Crippen LogP contribution in [0.3, 0.4) is 0 Å². The van der Waals surface area contributed by atoms with Gasteiger partial charge in [-0.25, -0.2) is 9.97 Å². The number of nitrogens with zero attached hydrogens (tertiary/aromatic N) is 2. The molecule has 0 amide bonds. The Bertz CT molecular complexity index is 1260. The minimum Gasteiger partial charge on any atom is -0.491 e. The summed E-state index contributed by atoms with van der Waals surface area (Å²) in [6, 6.07) is 7.56. The largest absolute Gasteiger partial charge is 0.491 e. The molecule has 4 rings (SSSR count). The SMILES string of the molecule is Cc1cc(OCC(O)CO)cc(C)c1-c1csc(N)n1.Cc1cc(OCC(O)CO)cc(C)c1-c1csc(N)n1. The first-order valence-corrected chi connectivity index (χ1v) is 14.3. The number of nitrogen functional groups attached to an aromatic ring is 2. The first-order chi connectivity index (χ1) is 19.0. The molecule has 2 aromatic carbocycles. The highest BCUT2D eigenvalue weighted by Crippen LogP contribution is 2.33. The van der Waals surface area contributed by atoms with Gasteiger partial charge in [0.1, 0.15) is 36.9 Å². The van der Waals surface area contributed by atoms with Gasteiger partial charge in [-0.05, 0) is 74.2 Å².